The van der Waals surface area contributed by atoms with Gasteiger partial charge in [-0.1, -0.05) is 36.4 Å². The first kappa shape index (κ1) is 9.87. The highest BCUT2D eigenvalue weighted by Crippen LogP contribution is 2.26. The molecule has 1 aromatic heterocycles. The van der Waals surface area contributed by atoms with Crippen LogP contribution in [0.1, 0.15) is 0 Å². The van der Waals surface area contributed by atoms with Crippen LogP contribution in [0.3, 0.4) is 0 Å². The van der Waals surface area contributed by atoms with Gasteiger partial charge >= 0.3 is 0 Å². The minimum Gasteiger partial charge on any atom is -0.339 e. The molecule has 3 heteroatoms. The average molecular weight is 219 g/mol. The summed E-state index contributed by atoms with van der Waals surface area (Å²) in [5.74, 6) is 5.99. The number of fused-ring (bicyclic) bond motifs is 3. The van der Waals surface area contributed by atoms with Gasteiger partial charge in [-0.15, -0.1) is 12.4 Å². The summed E-state index contributed by atoms with van der Waals surface area (Å²) in [6.07, 6.45) is 0. The zero-order chi connectivity index (χ0) is 9.54. The van der Waals surface area contributed by atoms with Gasteiger partial charge in [0.05, 0.1) is 11.0 Å². The largest absolute Gasteiger partial charge is 0.339 e. The molecule has 0 saturated heterocycles. The minimum absolute atomic E-state index is 0. The summed E-state index contributed by atoms with van der Waals surface area (Å²) in [5, 5.41) is 2.43. The molecule has 0 unspecified atom stereocenters. The van der Waals surface area contributed by atoms with E-state index in [1.807, 2.05) is 36.4 Å². The first-order valence-electron chi connectivity index (χ1n) is 4.61. The van der Waals surface area contributed by atoms with Crippen LogP contribution in [0.2, 0.25) is 0 Å². The number of rotatable bonds is 0. The molecule has 0 amide bonds. The van der Waals surface area contributed by atoms with E-state index in [2.05, 4.69) is 12.1 Å². The minimum atomic E-state index is 0. The Morgan fingerprint density at radius 1 is 0.733 bits per heavy atom. The van der Waals surface area contributed by atoms with E-state index >= 15 is 0 Å². The smallest absolute Gasteiger partial charge is 0.0703 e. The predicted molar refractivity (Wildman–Crippen MR) is 66.8 cm³/mol. The third kappa shape index (κ3) is 1.26. The summed E-state index contributed by atoms with van der Waals surface area (Å²) in [4.78, 5) is 0. The first-order chi connectivity index (χ1) is 6.88. The highest BCUT2D eigenvalue weighted by Gasteiger charge is 2.05. The van der Waals surface area contributed by atoms with Crippen LogP contribution in [-0.4, -0.2) is 4.68 Å². The van der Waals surface area contributed by atoms with E-state index in [1.54, 1.807) is 4.68 Å². The van der Waals surface area contributed by atoms with E-state index in [4.69, 9.17) is 5.84 Å². The molecule has 1 heterocycles. The summed E-state index contributed by atoms with van der Waals surface area (Å²) < 4.78 is 1.74. The maximum atomic E-state index is 5.99. The lowest BCUT2D eigenvalue weighted by molar-refractivity contribution is 1.12. The van der Waals surface area contributed by atoms with Crippen molar-refractivity contribution in [3.63, 3.8) is 0 Å². The van der Waals surface area contributed by atoms with Gasteiger partial charge in [0.2, 0.25) is 0 Å². The third-order valence-corrected chi connectivity index (χ3v) is 2.62. The second-order valence-corrected chi connectivity index (χ2v) is 3.40. The van der Waals surface area contributed by atoms with Crippen molar-refractivity contribution in [1.29, 1.82) is 0 Å². The van der Waals surface area contributed by atoms with Gasteiger partial charge in [-0.2, -0.15) is 0 Å². The van der Waals surface area contributed by atoms with Crippen LogP contribution in [-0.2, 0) is 0 Å². The monoisotopic (exact) mass is 218 g/mol. The molecule has 2 N–H and O–H groups in total. The predicted octanol–water partition coefficient (Wildman–Crippen LogP) is 2.93. The van der Waals surface area contributed by atoms with Crippen molar-refractivity contribution >= 4 is 34.2 Å². The maximum Gasteiger partial charge on any atom is 0.0703 e. The van der Waals surface area contributed by atoms with Crippen molar-refractivity contribution in [3.8, 4) is 0 Å². The molecular weight excluding hydrogens is 208 g/mol. The van der Waals surface area contributed by atoms with Crippen LogP contribution in [0.5, 0.6) is 0 Å². The number of nitrogens with two attached hydrogens (primary N) is 1. The third-order valence-electron chi connectivity index (χ3n) is 2.62. The average Bonchev–Trinajstić information content (AvgIpc) is 2.55. The Kier molecular flexibility index (Phi) is 2.29. The molecule has 0 aliphatic rings. The molecule has 0 fully saturated rings. The number of para-hydroxylation sites is 2. The van der Waals surface area contributed by atoms with Gasteiger partial charge in [0.25, 0.3) is 0 Å². The second-order valence-electron chi connectivity index (χ2n) is 3.40. The van der Waals surface area contributed by atoms with Gasteiger partial charge in [-0.3, -0.25) is 4.68 Å². The lowest BCUT2D eigenvalue weighted by Gasteiger charge is -1.95. The molecular formula is C12H11ClN2. The van der Waals surface area contributed by atoms with Gasteiger partial charge in [-0.25, -0.2) is 0 Å². The molecule has 0 spiro atoms. The Morgan fingerprint density at radius 2 is 1.13 bits per heavy atom. The zero-order valence-electron chi connectivity index (χ0n) is 8.05. The van der Waals surface area contributed by atoms with Crippen molar-refractivity contribution in [3.05, 3.63) is 48.5 Å². The molecule has 3 aromatic rings. The Balaban J connectivity index is 0.000000853. The van der Waals surface area contributed by atoms with Gasteiger partial charge in [-0.05, 0) is 12.1 Å². The van der Waals surface area contributed by atoms with E-state index < -0.39 is 0 Å². The number of nitrogens with zero attached hydrogens (tertiary/aromatic N) is 1. The molecule has 0 bridgehead atoms. The van der Waals surface area contributed by atoms with Crippen LogP contribution in [0.4, 0.5) is 0 Å². The highest BCUT2D eigenvalue weighted by molar-refractivity contribution is 6.07. The SMILES string of the molecule is Cl.Nn1c2ccccc2c2ccccc21. The standard InChI is InChI=1S/C12H10N2.ClH/c13-14-11-7-3-1-5-9(11)10-6-2-4-8-12(10)14;/h1-8H,13H2;1H. The zero-order valence-corrected chi connectivity index (χ0v) is 8.87. The van der Waals surface area contributed by atoms with Crippen molar-refractivity contribution in [2.75, 3.05) is 5.84 Å². The van der Waals surface area contributed by atoms with Crippen LogP contribution < -0.4 is 5.84 Å². The number of hydrogen-bond donors (Lipinski definition) is 1. The summed E-state index contributed by atoms with van der Waals surface area (Å²) >= 11 is 0. The van der Waals surface area contributed by atoms with Crippen LogP contribution in [0, 0.1) is 0 Å². The quantitative estimate of drug-likeness (QED) is 0.578. The molecule has 0 atom stereocenters. The van der Waals surface area contributed by atoms with E-state index in [9.17, 15) is 0 Å². The second kappa shape index (κ2) is 3.48. The Bertz CT molecular complexity index is 560. The summed E-state index contributed by atoms with van der Waals surface area (Å²) in [5.41, 5.74) is 2.16. The highest BCUT2D eigenvalue weighted by atomic mass is 35.5. The summed E-state index contributed by atoms with van der Waals surface area (Å²) in [7, 11) is 0. The van der Waals surface area contributed by atoms with Crippen LogP contribution in [0.25, 0.3) is 21.8 Å². The maximum absolute atomic E-state index is 5.99. The lowest BCUT2D eigenvalue weighted by atomic mass is 10.2. The molecule has 15 heavy (non-hydrogen) atoms. The van der Waals surface area contributed by atoms with E-state index in [1.165, 1.54) is 10.8 Å². The molecule has 0 aliphatic carbocycles. The molecule has 0 aliphatic heterocycles. The molecule has 76 valence electrons. The van der Waals surface area contributed by atoms with E-state index in [0.29, 0.717) is 0 Å². The van der Waals surface area contributed by atoms with Crippen LogP contribution >= 0.6 is 12.4 Å². The van der Waals surface area contributed by atoms with Crippen molar-refractivity contribution in [2.45, 2.75) is 0 Å². The fraction of sp³-hybridized carbons (Fsp3) is 0. The summed E-state index contributed by atoms with van der Waals surface area (Å²) in [6, 6.07) is 16.4. The molecule has 0 saturated carbocycles. The van der Waals surface area contributed by atoms with E-state index in [0.717, 1.165) is 11.0 Å². The van der Waals surface area contributed by atoms with Crippen molar-refractivity contribution < 1.29 is 0 Å². The number of aromatic nitrogens is 1. The van der Waals surface area contributed by atoms with Gasteiger partial charge in [0.1, 0.15) is 0 Å². The van der Waals surface area contributed by atoms with Gasteiger partial charge < -0.3 is 5.84 Å². The Labute approximate surface area is 93.7 Å². The normalized spacial score (nSPS) is 10.4. The molecule has 2 aromatic carbocycles. The lowest BCUT2D eigenvalue weighted by Crippen LogP contribution is -2.06. The van der Waals surface area contributed by atoms with Crippen molar-refractivity contribution in [1.82, 2.24) is 4.68 Å². The number of benzene rings is 2. The topological polar surface area (TPSA) is 30.9 Å². The summed E-state index contributed by atoms with van der Waals surface area (Å²) in [6.45, 7) is 0. The number of hydrogen-bond acceptors (Lipinski definition) is 1. The van der Waals surface area contributed by atoms with Gasteiger partial charge in [0.15, 0.2) is 0 Å². The van der Waals surface area contributed by atoms with Crippen LogP contribution in [0.15, 0.2) is 48.5 Å². The Morgan fingerprint density at radius 3 is 1.60 bits per heavy atom. The molecule has 3 rings (SSSR count). The number of nitrogen functional groups attached to an aromatic ring is 1. The Hall–Kier alpha value is -1.67. The van der Waals surface area contributed by atoms with E-state index in [-0.39, 0.29) is 12.4 Å². The fourth-order valence-electron chi connectivity index (χ4n) is 1.95. The molecule has 0 radical (unpaired) electrons. The first-order valence-corrected chi connectivity index (χ1v) is 4.61. The number of halogens is 1. The van der Waals surface area contributed by atoms with Gasteiger partial charge in [0, 0.05) is 10.8 Å². The molecule has 2 nitrogen and oxygen atoms in total. The van der Waals surface area contributed by atoms with Crippen molar-refractivity contribution in [2.24, 2.45) is 0 Å². The fourth-order valence-corrected chi connectivity index (χ4v) is 1.95.